The Hall–Kier alpha value is -1.30. The molecule has 0 saturated carbocycles. The van der Waals surface area contributed by atoms with Crippen molar-refractivity contribution >= 4 is 16.8 Å². The fourth-order valence-corrected chi connectivity index (χ4v) is 1.04. The summed E-state index contributed by atoms with van der Waals surface area (Å²) in [6.45, 7) is 0. The molecule has 0 bridgehead atoms. The summed E-state index contributed by atoms with van der Waals surface area (Å²) in [4.78, 5) is 0. The van der Waals surface area contributed by atoms with E-state index in [1.807, 2.05) is 0 Å². The molecule has 0 heterocycles. The van der Waals surface area contributed by atoms with E-state index >= 15 is 0 Å². The molecule has 7 heteroatoms. The van der Waals surface area contributed by atoms with Gasteiger partial charge in [-0.15, -0.1) is 0 Å². The molecule has 0 aliphatic heterocycles. The molecule has 1 N–H and O–H groups in total. The molecular formula is C8H4ClF4NO. The van der Waals surface area contributed by atoms with Crippen molar-refractivity contribution in [2.24, 2.45) is 5.16 Å². The molecule has 0 spiro atoms. The average Bonchev–Trinajstić information content (AvgIpc) is 2.14. The van der Waals surface area contributed by atoms with E-state index in [9.17, 15) is 17.6 Å². The van der Waals surface area contributed by atoms with Crippen molar-refractivity contribution in [3.63, 3.8) is 0 Å². The summed E-state index contributed by atoms with van der Waals surface area (Å²) in [6.07, 6.45) is -4.68. The van der Waals surface area contributed by atoms with Gasteiger partial charge in [0.25, 0.3) is 0 Å². The molecular weight excluding hydrogens is 238 g/mol. The van der Waals surface area contributed by atoms with E-state index in [1.165, 1.54) is 0 Å². The van der Waals surface area contributed by atoms with E-state index in [0.717, 1.165) is 6.07 Å². The lowest BCUT2D eigenvalue weighted by Crippen LogP contribution is -2.07. The molecule has 2 nitrogen and oxygen atoms in total. The van der Waals surface area contributed by atoms with Crippen molar-refractivity contribution in [3.05, 3.63) is 35.1 Å². The molecule has 0 radical (unpaired) electrons. The van der Waals surface area contributed by atoms with Gasteiger partial charge in [-0.05, 0) is 18.2 Å². The zero-order valence-corrected chi connectivity index (χ0v) is 7.77. The van der Waals surface area contributed by atoms with Crippen LogP contribution >= 0.6 is 11.6 Å². The smallest absolute Gasteiger partial charge is 0.410 e. The minimum absolute atomic E-state index is 0.324. The van der Waals surface area contributed by atoms with Gasteiger partial charge in [0, 0.05) is 5.56 Å². The lowest BCUT2D eigenvalue weighted by atomic mass is 10.1. The highest BCUT2D eigenvalue weighted by Gasteiger charge is 2.31. The maximum atomic E-state index is 12.8. The average molecular weight is 242 g/mol. The first-order valence-corrected chi connectivity index (χ1v) is 3.98. The molecule has 0 saturated heterocycles. The molecule has 0 amide bonds. The Kier molecular flexibility index (Phi) is 3.18. The third-order valence-corrected chi connectivity index (χ3v) is 1.84. The van der Waals surface area contributed by atoms with E-state index < -0.39 is 22.7 Å². The molecule has 0 unspecified atom stereocenters. The maximum absolute atomic E-state index is 12.8. The zero-order valence-electron chi connectivity index (χ0n) is 7.02. The topological polar surface area (TPSA) is 32.6 Å². The van der Waals surface area contributed by atoms with Gasteiger partial charge in [0.05, 0.1) is 5.56 Å². The van der Waals surface area contributed by atoms with Gasteiger partial charge >= 0.3 is 6.18 Å². The van der Waals surface area contributed by atoms with Crippen molar-refractivity contribution in [2.75, 3.05) is 0 Å². The van der Waals surface area contributed by atoms with E-state index in [2.05, 4.69) is 5.16 Å². The molecule has 0 aliphatic rings. The lowest BCUT2D eigenvalue weighted by Gasteiger charge is -2.07. The quantitative estimate of drug-likeness (QED) is 0.348. The largest absolute Gasteiger partial charge is 0.416 e. The molecule has 15 heavy (non-hydrogen) atoms. The Labute approximate surface area is 86.8 Å². The second-order valence-electron chi connectivity index (χ2n) is 2.62. The third-order valence-electron chi connectivity index (χ3n) is 1.55. The molecule has 0 atom stereocenters. The van der Waals surface area contributed by atoms with Crippen LogP contribution in [0.2, 0.25) is 0 Å². The number of oxime groups is 1. The number of rotatable bonds is 1. The molecule has 0 aliphatic carbocycles. The highest BCUT2D eigenvalue weighted by Crippen LogP contribution is 2.30. The van der Waals surface area contributed by atoms with Crippen molar-refractivity contribution in [1.82, 2.24) is 0 Å². The fourth-order valence-electron chi connectivity index (χ4n) is 0.930. The maximum Gasteiger partial charge on any atom is 0.416 e. The Morgan fingerprint density at radius 3 is 2.33 bits per heavy atom. The Balaban J connectivity index is 3.29. The number of nitrogens with zero attached hydrogens (tertiary/aromatic N) is 1. The Morgan fingerprint density at radius 1 is 1.27 bits per heavy atom. The van der Waals surface area contributed by atoms with Gasteiger partial charge in [-0.25, -0.2) is 4.39 Å². The molecule has 82 valence electrons. The minimum atomic E-state index is -4.68. The molecule has 1 aromatic rings. The van der Waals surface area contributed by atoms with Crippen molar-refractivity contribution in [1.29, 1.82) is 0 Å². The first kappa shape index (κ1) is 11.8. The van der Waals surface area contributed by atoms with Crippen LogP contribution in [0.4, 0.5) is 17.6 Å². The van der Waals surface area contributed by atoms with Crippen molar-refractivity contribution < 1.29 is 22.8 Å². The summed E-state index contributed by atoms with van der Waals surface area (Å²) in [5.74, 6) is -1.11. The predicted molar refractivity (Wildman–Crippen MR) is 45.6 cm³/mol. The standard InChI is InChI=1S/C8H4ClF4NO/c9-7(14-15)4-1-5(8(11,12)13)3-6(10)2-4/h1-3,15H/b14-7-. The van der Waals surface area contributed by atoms with Crippen LogP contribution in [0.15, 0.2) is 23.4 Å². The Morgan fingerprint density at radius 2 is 1.87 bits per heavy atom. The van der Waals surface area contributed by atoms with Crippen LogP contribution in [0.1, 0.15) is 11.1 Å². The van der Waals surface area contributed by atoms with Crippen LogP contribution in [-0.4, -0.2) is 10.4 Å². The van der Waals surface area contributed by atoms with Crippen LogP contribution < -0.4 is 0 Å². The van der Waals surface area contributed by atoms with E-state index in [0.29, 0.717) is 12.1 Å². The van der Waals surface area contributed by atoms with Crippen LogP contribution in [0.3, 0.4) is 0 Å². The SMILES string of the molecule is O/N=C(\Cl)c1cc(F)cc(C(F)(F)F)c1. The van der Waals surface area contributed by atoms with Gasteiger partial charge < -0.3 is 5.21 Å². The van der Waals surface area contributed by atoms with Crippen molar-refractivity contribution in [2.45, 2.75) is 6.18 Å². The van der Waals surface area contributed by atoms with Gasteiger partial charge in [-0.2, -0.15) is 13.2 Å². The van der Waals surface area contributed by atoms with E-state index in [-0.39, 0.29) is 5.56 Å². The van der Waals surface area contributed by atoms with Gasteiger partial charge in [0.1, 0.15) is 5.82 Å². The molecule has 1 rings (SSSR count). The summed E-state index contributed by atoms with van der Waals surface area (Å²) in [5.41, 5.74) is -1.54. The molecule has 0 fully saturated rings. The van der Waals surface area contributed by atoms with E-state index in [1.54, 1.807) is 0 Å². The monoisotopic (exact) mass is 241 g/mol. The fraction of sp³-hybridized carbons (Fsp3) is 0.125. The van der Waals surface area contributed by atoms with Gasteiger partial charge in [-0.1, -0.05) is 16.8 Å². The van der Waals surface area contributed by atoms with Crippen LogP contribution in [-0.2, 0) is 6.18 Å². The number of hydrogen-bond donors (Lipinski definition) is 1. The van der Waals surface area contributed by atoms with E-state index in [4.69, 9.17) is 16.8 Å². The van der Waals surface area contributed by atoms with Gasteiger partial charge in [0.2, 0.25) is 0 Å². The second kappa shape index (κ2) is 4.06. The summed E-state index contributed by atoms with van der Waals surface area (Å²) < 4.78 is 49.4. The zero-order chi connectivity index (χ0) is 11.6. The summed E-state index contributed by atoms with van der Waals surface area (Å²) >= 11 is 5.25. The molecule has 0 aromatic heterocycles. The highest BCUT2D eigenvalue weighted by molar-refractivity contribution is 6.69. The van der Waals surface area contributed by atoms with Crippen molar-refractivity contribution in [3.8, 4) is 0 Å². The minimum Gasteiger partial charge on any atom is -0.410 e. The summed E-state index contributed by atoms with van der Waals surface area (Å²) in [5, 5.41) is 10.1. The first-order chi connectivity index (χ1) is 6.84. The highest BCUT2D eigenvalue weighted by atomic mass is 35.5. The summed E-state index contributed by atoms with van der Waals surface area (Å²) in [6, 6.07) is 1.65. The second-order valence-corrected chi connectivity index (χ2v) is 2.98. The lowest BCUT2D eigenvalue weighted by molar-refractivity contribution is -0.137. The number of halogens is 5. The normalized spacial score (nSPS) is 13.0. The van der Waals surface area contributed by atoms with Crippen LogP contribution in [0.5, 0.6) is 0 Å². The van der Waals surface area contributed by atoms with Gasteiger partial charge in [0.15, 0.2) is 5.17 Å². The predicted octanol–water partition coefficient (Wildman–Crippen LogP) is 3.22. The summed E-state index contributed by atoms with van der Waals surface area (Å²) in [7, 11) is 0. The number of alkyl halides is 3. The number of hydrogen-bond acceptors (Lipinski definition) is 2. The van der Waals surface area contributed by atoms with Crippen LogP contribution in [0.25, 0.3) is 0 Å². The third kappa shape index (κ3) is 2.82. The van der Waals surface area contributed by atoms with Gasteiger partial charge in [-0.3, -0.25) is 0 Å². The van der Waals surface area contributed by atoms with Crippen LogP contribution in [0, 0.1) is 5.82 Å². The molecule has 1 aromatic carbocycles. The Bertz CT molecular complexity index is 402. The first-order valence-electron chi connectivity index (χ1n) is 3.60. The number of benzene rings is 1.